The number of fused-ring (bicyclic) bond motifs is 2. The molecule has 1 atom stereocenters. The molecule has 1 aliphatic heterocycles. The van der Waals surface area contributed by atoms with Gasteiger partial charge in [-0.1, -0.05) is 60.0 Å². The Morgan fingerprint density at radius 1 is 1.07 bits per heavy atom. The number of amides is 1. The Labute approximate surface area is 165 Å². The molecule has 0 aliphatic carbocycles. The maximum Gasteiger partial charge on any atom is 0.290 e. The van der Waals surface area contributed by atoms with Crippen molar-refractivity contribution in [2.24, 2.45) is 0 Å². The van der Waals surface area contributed by atoms with Crippen molar-refractivity contribution in [2.45, 2.75) is 32.2 Å². The minimum Gasteiger partial charge on any atom is -0.450 e. The lowest BCUT2D eigenvalue weighted by atomic mass is 9.98. The van der Waals surface area contributed by atoms with Crippen molar-refractivity contribution >= 4 is 32.8 Å². The van der Waals surface area contributed by atoms with Crippen LogP contribution in [0.15, 0.2) is 62.2 Å². The molecule has 0 N–H and O–H groups in total. The number of carbonyl (C=O) groups excluding carboxylic acids is 1. The van der Waals surface area contributed by atoms with E-state index >= 15 is 0 Å². The Morgan fingerprint density at radius 2 is 1.89 bits per heavy atom. The van der Waals surface area contributed by atoms with Gasteiger partial charge in [-0.05, 0) is 36.2 Å². The Morgan fingerprint density at radius 3 is 2.67 bits per heavy atom. The minimum atomic E-state index is -0.414. The molecular formula is C22H20BrNO3. The lowest BCUT2D eigenvalue weighted by Crippen LogP contribution is -2.30. The Balaban J connectivity index is 1.92. The highest BCUT2D eigenvalue weighted by atomic mass is 79.9. The molecule has 1 aliphatic rings. The van der Waals surface area contributed by atoms with Crippen molar-refractivity contribution in [1.29, 1.82) is 0 Å². The third kappa shape index (κ3) is 3.10. The van der Waals surface area contributed by atoms with Crippen LogP contribution in [-0.2, 0) is 0 Å². The molecule has 2 heterocycles. The van der Waals surface area contributed by atoms with Crippen LogP contribution in [0.3, 0.4) is 0 Å². The first-order valence-corrected chi connectivity index (χ1v) is 10.0. The van der Waals surface area contributed by atoms with Gasteiger partial charge in [-0.3, -0.25) is 9.59 Å². The highest BCUT2D eigenvalue weighted by molar-refractivity contribution is 9.10. The summed E-state index contributed by atoms with van der Waals surface area (Å²) in [6.45, 7) is 2.73. The zero-order valence-electron chi connectivity index (χ0n) is 15.1. The van der Waals surface area contributed by atoms with Gasteiger partial charge in [-0.15, -0.1) is 0 Å². The maximum atomic E-state index is 13.3. The highest BCUT2D eigenvalue weighted by Crippen LogP contribution is 2.38. The molecule has 27 heavy (non-hydrogen) atoms. The van der Waals surface area contributed by atoms with Gasteiger partial charge in [-0.2, -0.15) is 0 Å². The van der Waals surface area contributed by atoms with Crippen LogP contribution < -0.4 is 5.43 Å². The number of hydrogen-bond acceptors (Lipinski definition) is 3. The molecule has 2 aromatic carbocycles. The van der Waals surface area contributed by atoms with Crippen LogP contribution in [0.4, 0.5) is 0 Å². The van der Waals surface area contributed by atoms with Crippen LogP contribution in [0.2, 0.25) is 0 Å². The van der Waals surface area contributed by atoms with Gasteiger partial charge in [0.2, 0.25) is 5.76 Å². The molecule has 0 bridgehead atoms. The molecule has 0 fully saturated rings. The van der Waals surface area contributed by atoms with Crippen molar-refractivity contribution in [3.63, 3.8) is 0 Å². The van der Waals surface area contributed by atoms with Crippen LogP contribution in [0, 0.1) is 0 Å². The van der Waals surface area contributed by atoms with Gasteiger partial charge in [-0.25, -0.2) is 0 Å². The maximum absolute atomic E-state index is 13.3. The van der Waals surface area contributed by atoms with Crippen molar-refractivity contribution in [1.82, 2.24) is 4.90 Å². The summed E-state index contributed by atoms with van der Waals surface area (Å²) < 4.78 is 6.83. The molecule has 3 aromatic rings. The fraction of sp³-hybridized carbons (Fsp3) is 0.273. The molecule has 138 valence electrons. The van der Waals surface area contributed by atoms with Gasteiger partial charge in [0.05, 0.1) is 17.0 Å². The zero-order chi connectivity index (χ0) is 19.0. The van der Waals surface area contributed by atoms with E-state index in [0.717, 1.165) is 29.3 Å². The fourth-order valence-electron chi connectivity index (χ4n) is 3.75. The van der Waals surface area contributed by atoms with Gasteiger partial charge < -0.3 is 9.32 Å². The highest BCUT2D eigenvalue weighted by Gasteiger charge is 2.42. The number of halogens is 1. The van der Waals surface area contributed by atoms with Crippen LogP contribution >= 0.6 is 15.9 Å². The second-order valence-corrected chi connectivity index (χ2v) is 7.75. The molecule has 0 saturated carbocycles. The van der Waals surface area contributed by atoms with Crippen LogP contribution in [0.25, 0.3) is 11.0 Å². The summed E-state index contributed by atoms with van der Waals surface area (Å²) in [5, 5.41) is 0.513. The predicted octanol–water partition coefficient (Wildman–Crippen LogP) is 5.29. The van der Waals surface area contributed by atoms with Gasteiger partial charge in [0, 0.05) is 11.0 Å². The van der Waals surface area contributed by atoms with Crippen molar-refractivity contribution < 1.29 is 9.21 Å². The van der Waals surface area contributed by atoms with E-state index in [1.165, 1.54) is 0 Å². The third-order valence-electron chi connectivity index (χ3n) is 5.04. The molecule has 1 unspecified atom stereocenters. The minimum absolute atomic E-state index is 0.122. The van der Waals surface area contributed by atoms with E-state index in [2.05, 4.69) is 22.9 Å². The Hall–Kier alpha value is -2.40. The van der Waals surface area contributed by atoms with Crippen LogP contribution in [0.1, 0.15) is 53.9 Å². The van der Waals surface area contributed by atoms with Gasteiger partial charge >= 0.3 is 0 Å². The molecule has 4 rings (SSSR count). The van der Waals surface area contributed by atoms with Gasteiger partial charge in [0.15, 0.2) is 5.43 Å². The average Bonchev–Trinajstić information content (AvgIpc) is 2.95. The molecule has 5 heteroatoms. The molecule has 1 amide bonds. The van der Waals surface area contributed by atoms with Gasteiger partial charge in [0.25, 0.3) is 5.91 Å². The number of nitrogens with zero attached hydrogens (tertiary/aromatic N) is 1. The van der Waals surface area contributed by atoms with Crippen molar-refractivity contribution in [2.75, 3.05) is 6.54 Å². The Bertz CT molecular complexity index is 1070. The standard InChI is InChI=1S/C22H20BrNO3/c1-2-3-6-12-24-19(14-8-7-9-15(23)13-14)18-20(25)16-10-4-5-11-17(16)27-21(18)22(24)26/h4-5,7-11,13,19H,2-3,6,12H2,1H3. The second kappa shape index (κ2) is 7.31. The molecule has 0 spiro atoms. The summed E-state index contributed by atoms with van der Waals surface area (Å²) in [5.74, 6) is -0.0193. The molecule has 0 saturated heterocycles. The monoisotopic (exact) mass is 425 g/mol. The topological polar surface area (TPSA) is 50.5 Å². The summed E-state index contributed by atoms with van der Waals surface area (Å²) in [4.78, 5) is 28.2. The third-order valence-corrected chi connectivity index (χ3v) is 5.53. The number of para-hydroxylation sites is 1. The number of hydrogen-bond donors (Lipinski definition) is 0. The zero-order valence-corrected chi connectivity index (χ0v) is 16.7. The number of carbonyl (C=O) groups is 1. The van der Waals surface area contributed by atoms with Crippen LogP contribution in [0.5, 0.6) is 0 Å². The number of rotatable bonds is 5. The van der Waals surface area contributed by atoms with Gasteiger partial charge in [0.1, 0.15) is 5.58 Å². The largest absolute Gasteiger partial charge is 0.450 e. The van der Waals surface area contributed by atoms with E-state index in [1.54, 1.807) is 17.0 Å². The molecular weight excluding hydrogens is 406 g/mol. The summed E-state index contributed by atoms with van der Waals surface area (Å²) in [6.07, 6.45) is 3.00. The quantitative estimate of drug-likeness (QED) is 0.521. The summed E-state index contributed by atoms with van der Waals surface area (Å²) in [7, 11) is 0. The molecule has 4 nitrogen and oxygen atoms in total. The van der Waals surface area contributed by atoms with E-state index in [1.807, 2.05) is 36.4 Å². The molecule has 0 radical (unpaired) electrons. The SMILES string of the molecule is CCCCCN1C(=O)c2oc3ccccc3c(=O)c2C1c1cccc(Br)c1. The number of benzene rings is 2. The normalized spacial score (nSPS) is 16.1. The van der Waals surface area contributed by atoms with E-state index in [9.17, 15) is 9.59 Å². The first-order valence-electron chi connectivity index (χ1n) is 9.24. The van der Waals surface area contributed by atoms with E-state index in [0.29, 0.717) is 23.1 Å². The lowest BCUT2D eigenvalue weighted by molar-refractivity contribution is 0.0724. The fourth-order valence-corrected chi connectivity index (χ4v) is 4.17. The summed E-state index contributed by atoms with van der Waals surface area (Å²) >= 11 is 3.50. The van der Waals surface area contributed by atoms with Crippen LogP contribution in [-0.4, -0.2) is 17.4 Å². The van der Waals surface area contributed by atoms with E-state index in [4.69, 9.17) is 4.42 Å². The van der Waals surface area contributed by atoms with E-state index < -0.39 is 6.04 Å². The lowest BCUT2D eigenvalue weighted by Gasteiger charge is -2.25. The first-order chi connectivity index (χ1) is 13.1. The second-order valence-electron chi connectivity index (χ2n) is 6.83. The average molecular weight is 426 g/mol. The summed E-state index contributed by atoms with van der Waals surface area (Å²) in [6, 6.07) is 14.5. The predicted molar refractivity (Wildman–Crippen MR) is 109 cm³/mol. The molecule has 1 aromatic heterocycles. The first kappa shape index (κ1) is 18.0. The van der Waals surface area contributed by atoms with Crippen molar-refractivity contribution in [3.8, 4) is 0 Å². The Kier molecular flexibility index (Phi) is 4.87. The van der Waals surface area contributed by atoms with E-state index in [-0.39, 0.29) is 17.1 Å². The summed E-state index contributed by atoms with van der Waals surface area (Å²) in [5.41, 5.74) is 1.70. The van der Waals surface area contributed by atoms with Crippen molar-refractivity contribution in [3.05, 3.63) is 80.1 Å². The smallest absolute Gasteiger partial charge is 0.290 e. The number of unbranched alkanes of at least 4 members (excludes halogenated alkanes) is 2.